The Bertz CT molecular complexity index is 485. The van der Waals surface area contributed by atoms with Gasteiger partial charge in [-0.3, -0.25) is 4.79 Å². The third-order valence-corrected chi connectivity index (χ3v) is 3.94. The summed E-state index contributed by atoms with van der Waals surface area (Å²) in [6.45, 7) is 9.88. The summed E-state index contributed by atoms with van der Waals surface area (Å²) in [4.78, 5) is 11.2. The first-order chi connectivity index (χ1) is 9.10. The maximum absolute atomic E-state index is 11.2. The van der Waals surface area contributed by atoms with Crippen LogP contribution in [0.2, 0.25) is 0 Å². The highest BCUT2D eigenvalue weighted by molar-refractivity contribution is 5.74. The van der Waals surface area contributed by atoms with Crippen molar-refractivity contribution in [1.82, 2.24) is 0 Å². The monoisotopic (exact) mass is 278 g/mol. The van der Waals surface area contributed by atoms with Crippen LogP contribution in [-0.2, 0) is 16.6 Å². The third kappa shape index (κ3) is 3.83. The van der Waals surface area contributed by atoms with Crippen LogP contribution in [0.4, 0.5) is 0 Å². The minimum absolute atomic E-state index is 0.0766. The summed E-state index contributed by atoms with van der Waals surface area (Å²) < 4.78 is 0. The third-order valence-electron chi connectivity index (χ3n) is 3.94. The molecule has 20 heavy (non-hydrogen) atoms. The fourth-order valence-electron chi connectivity index (χ4n) is 2.31. The SMILES string of the molecule is Cc1ccc(CC[C@@](C)(CO)C(=O)O)cc1C(C)(C)C. The van der Waals surface area contributed by atoms with E-state index in [1.807, 2.05) is 6.07 Å². The van der Waals surface area contributed by atoms with Gasteiger partial charge >= 0.3 is 5.97 Å². The van der Waals surface area contributed by atoms with E-state index in [1.54, 1.807) is 6.92 Å². The zero-order chi connectivity index (χ0) is 15.6. The first kappa shape index (κ1) is 16.7. The van der Waals surface area contributed by atoms with Crippen LogP contribution in [0.3, 0.4) is 0 Å². The summed E-state index contributed by atoms with van der Waals surface area (Å²) in [5, 5.41) is 18.5. The van der Waals surface area contributed by atoms with Crippen LogP contribution in [-0.4, -0.2) is 22.8 Å². The number of rotatable bonds is 5. The number of carbonyl (C=O) groups is 1. The molecule has 0 unspecified atom stereocenters. The Morgan fingerprint density at radius 2 is 1.80 bits per heavy atom. The molecule has 0 spiro atoms. The summed E-state index contributed by atoms with van der Waals surface area (Å²) in [7, 11) is 0. The fraction of sp³-hybridized carbons (Fsp3) is 0.588. The van der Waals surface area contributed by atoms with E-state index in [-0.39, 0.29) is 12.0 Å². The molecule has 1 atom stereocenters. The van der Waals surface area contributed by atoms with Gasteiger partial charge in [-0.05, 0) is 48.8 Å². The number of aliphatic hydroxyl groups is 1. The van der Waals surface area contributed by atoms with Crippen LogP contribution >= 0.6 is 0 Å². The molecule has 1 rings (SSSR count). The lowest BCUT2D eigenvalue weighted by molar-refractivity contribution is -0.150. The second-order valence-electron chi connectivity index (χ2n) is 6.92. The molecule has 112 valence electrons. The lowest BCUT2D eigenvalue weighted by Crippen LogP contribution is -2.32. The van der Waals surface area contributed by atoms with E-state index < -0.39 is 11.4 Å². The zero-order valence-electron chi connectivity index (χ0n) is 13.2. The average Bonchev–Trinajstić information content (AvgIpc) is 2.35. The van der Waals surface area contributed by atoms with Crippen LogP contribution in [0.15, 0.2) is 18.2 Å². The molecule has 0 fully saturated rings. The van der Waals surface area contributed by atoms with Gasteiger partial charge in [-0.25, -0.2) is 0 Å². The van der Waals surface area contributed by atoms with Crippen molar-refractivity contribution in [3.63, 3.8) is 0 Å². The molecule has 0 heterocycles. The van der Waals surface area contributed by atoms with E-state index in [1.165, 1.54) is 11.1 Å². The van der Waals surface area contributed by atoms with E-state index in [2.05, 4.69) is 39.8 Å². The lowest BCUT2D eigenvalue weighted by atomic mass is 9.81. The number of carboxylic acid groups (broad SMARTS) is 1. The second-order valence-corrected chi connectivity index (χ2v) is 6.92. The van der Waals surface area contributed by atoms with Gasteiger partial charge in [-0.15, -0.1) is 0 Å². The van der Waals surface area contributed by atoms with Gasteiger partial charge in [0.2, 0.25) is 0 Å². The maximum Gasteiger partial charge on any atom is 0.311 e. The van der Waals surface area contributed by atoms with Gasteiger partial charge in [0.1, 0.15) is 0 Å². The van der Waals surface area contributed by atoms with Crippen LogP contribution in [0, 0.1) is 12.3 Å². The van der Waals surface area contributed by atoms with Gasteiger partial charge < -0.3 is 10.2 Å². The number of aryl methyl sites for hydroxylation is 2. The van der Waals surface area contributed by atoms with Gasteiger partial charge in [-0.2, -0.15) is 0 Å². The van der Waals surface area contributed by atoms with Crippen LogP contribution < -0.4 is 0 Å². The molecule has 0 aromatic heterocycles. The quantitative estimate of drug-likeness (QED) is 0.868. The van der Waals surface area contributed by atoms with E-state index >= 15 is 0 Å². The highest BCUT2D eigenvalue weighted by Crippen LogP contribution is 2.29. The number of hydrogen-bond acceptors (Lipinski definition) is 2. The topological polar surface area (TPSA) is 57.5 Å². The number of aliphatic hydroxyl groups excluding tert-OH is 1. The molecule has 0 amide bonds. The molecule has 0 aliphatic rings. The molecular weight excluding hydrogens is 252 g/mol. The minimum Gasteiger partial charge on any atom is -0.481 e. The Balaban J connectivity index is 2.93. The molecule has 0 bridgehead atoms. The molecular formula is C17H26O3. The smallest absolute Gasteiger partial charge is 0.311 e. The summed E-state index contributed by atoms with van der Waals surface area (Å²) in [6.07, 6.45) is 1.10. The highest BCUT2D eigenvalue weighted by atomic mass is 16.4. The summed E-state index contributed by atoms with van der Waals surface area (Å²) in [5.41, 5.74) is 2.68. The van der Waals surface area contributed by atoms with Crippen LogP contribution in [0.1, 0.15) is 50.8 Å². The van der Waals surface area contributed by atoms with E-state index in [4.69, 9.17) is 0 Å². The van der Waals surface area contributed by atoms with Crippen molar-refractivity contribution in [3.8, 4) is 0 Å². The first-order valence-corrected chi connectivity index (χ1v) is 7.04. The van der Waals surface area contributed by atoms with E-state index in [0.717, 1.165) is 5.56 Å². The second kappa shape index (κ2) is 5.96. The molecule has 3 heteroatoms. The van der Waals surface area contributed by atoms with Crippen LogP contribution in [0.25, 0.3) is 0 Å². The Morgan fingerprint density at radius 1 is 1.20 bits per heavy atom. The maximum atomic E-state index is 11.2. The summed E-state index contributed by atoms with van der Waals surface area (Å²) in [6, 6.07) is 6.30. The molecule has 0 saturated carbocycles. The predicted octanol–water partition coefficient (Wildman–Crippen LogP) is 3.31. The molecule has 1 aromatic rings. The number of benzene rings is 1. The fourth-order valence-corrected chi connectivity index (χ4v) is 2.31. The molecule has 0 aliphatic carbocycles. The summed E-state index contributed by atoms with van der Waals surface area (Å²) in [5.74, 6) is -0.942. The van der Waals surface area contributed by atoms with E-state index in [0.29, 0.717) is 12.8 Å². The van der Waals surface area contributed by atoms with Gasteiger partial charge in [0.15, 0.2) is 0 Å². The average molecular weight is 278 g/mol. The Morgan fingerprint density at radius 3 is 2.25 bits per heavy atom. The molecule has 2 N–H and O–H groups in total. The lowest BCUT2D eigenvalue weighted by Gasteiger charge is -2.24. The van der Waals surface area contributed by atoms with Gasteiger partial charge in [0.25, 0.3) is 0 Å². The van der Waals surface area contributed by atoms with Crippen molar-refractivity contribution >= 4 is 5.97 Å². The Hall–Kier alpha value is -1.35. The van der Waals surface area contributed by atoms with Crippen LogP contribution in [0.5, 0.6) is 0 Å². The molecule has 1 aromatic carbocycles. The molecule has 3 nitrogen and oxygen atoms in total. The van der Waals surface area contributed by atoms with Gasteiger partial charge in [0.05, 0.1) is 12.0 Å². The van der Waals surface area contributed by atoms with E-state index in [9.17, 15) is 15.0 Å². The number of aliphatic carboxylic acids is 1. The van der Waals surface area contributed by atoms with Crippen molar-refractivity contribution in [2.45, 2.75) is 52.9 Å². The predicted molar refractivity (Wildman–Crippen MR) is 81.0 cm³/mol. The van der Waals surface area contributed by atoms with Crippen molar-refractivity contribution in [2.24, 2.45) is 5.41 Å². The first-order valence-electron chi connectivity index (χ1n) is 7.04. The standard InChI is InChI=1S/C17H26O3/c1-12-6-7-13(10-14(12)16(2,3)4)8-9-17(5,11-18)15(19)20/h6-7,10,18H,8-9,11H2,1-5H3,(H,19,20)/t17-/m0/s1. The highest BCUT2D eigenvalue weighted by Gasteiger charge is 2.32. The minimum atomic E-state index is -1.06. The Labute approximate surface area is 121 Å². The van der Waals surface area contributed by atoms with Crippen molar-refractivity contribution in [2.75, 3.05) is 6.61 Å². The largest absolute Gasteiger partial charge is 0.481 e. The molecule has 0 aliphatic heterocycles. The summed E-state index contributed by atoms with van der Waals surface area (Å²) >= 11 is 0. The number of carboxylic acids is 1. The van der Waals surface area contributed by atoms with Crippen molar-refractivity contribution in [1.29, 1.82) is 0 Å². The zero-order valence-corrected chi connectivity index (χ0v) is 13.2. The van der Waals surface area contributed by atoms with Crippen molar-refractivity contribution < 1.29 is 15.0 Å². The van der Waals surface area contributed by atoms with Crippen molar-refractivity contribution in [3.05, 3.63) is 34.9 Å². The Kier molecular flexibility index (Phi) is 4.98. The normalized spacial score (nSPS) is 14.9. The molecule has 0 radical (unpaired) electrons. The van der Waals surface area contributed by atoms with Gasteiger partial charge in [0, 0.05) is 0 Å². The number of hydrogen-bond donors (Lipinski definition) is 2. The van der Waals surface area contributed by atoms with Gasteiger partial charge in [-0.1, -0.05) is 39.0 Å². The molecule has 0 saturated heterocycles.